The Morgan fingerprint density at radius 3 is 2.71 bits per heavy atom. The molecule has 0 saturated carbocycles. The zero-order valence-corrected chi connectivity index (χ0v) is 11.1. The van der Waals surface area contributed by atoms with E-state index in [0.29, 0.717) is 16.5 Å². The van der Waals surface area contributed by atoms with Crippen LogP contribution in [0.15, 0.2) is 30.5 Å². The number of halogens is 1. The van der Waals surface area contributed by atoms with Gasteiger partial charge in [-0.15, -0.1) is 0 Å². The van der Waals surface area contributed by atoms with Gasteiger partial charge in [-0.3, -0.25) is 19.5 Å². The number of hydrogen-bond acceptors (Lipinski definition) is 4. The molecular weight excluding hydrogens is 277 g/mol. The van der Waals surface area contributed by atoms with Crippen LogP contribution in [0, 0.1) is 5.82 Å². The van der Waals surface area contributed by atoms with Crippen molar-refractivity contribution in [1.82, 2.24) is 9.88 Å². The van der Waals surface area contributed by atoms with Crippen molar-refractivity contribution in [2.75, 3.05) is 13.1 Å². The number of carbonyl (C=O) groups is 2. The second-order valence-electron chi connectivity index (χ2n) is 4.61. The molecule has 6 nitrogen and oxygen atoms in total. The molecule has 1 aromatic heterocycles. The summed E-state index contributed by atoms with van der Waals surface area (Å²) in [6.45, 7) is -0.393. The molecule has 2 rings (SSSR count). The molecule has 7 heteroatoms. The lowest BCUT2D eigenvalue weighted by atomic mass is 10.1. The van der Waals surface area contributed by atoms with E-state index in [1.54, 1.807) is 12.1 Å². The maximum Gasteiger partial charge on any atom is 0.317 e. The number of fused-ring (bicyclic) bond motifs is 1. The Kier molecular flexibility index (Phi) is 4.44. The summed E-state index contributed by atoms with van der Waals surface area (Å²) in [7, 11) is 0. The van der Waals surface area contributed by atoms with Crippen LogP contribution in [0.4, 0.5) is 4.39 Å². The molecule has 0 aliphatic carbocycles. The Labute approximate surface area is 120 Å². The van der Waals surface area contributed by atoms with E-state index in [4.69, 9.17) is 10.8 Å². The first-order valence-corrected chi connectivity index (χ1v) is 6.22. The van der Waals surface area contributed by atoms with Gasteiger partial charge >= 0.3 is 5.97 Å². The first-order chi connectivity index (χ1) is 9.97. The lowest BCUT2D eigenvalue weighted by molar-refractivity contribution is -0.138. The van der Waals surface area contributed by atoms with Crippen molar-refractivity contribution >= 4 is 22.8 Å². The first kappa shape index (κ1) is 14.9. The standard InChI is InChI=1S/C14H14FN3O3/c15-11-4-3-9(14-10(11)2-1-5-17-14)6-18(7-12(16)19)8-13(20)21/h1-5H,6-8H2,(H2,16,19)(H,20,21). The van der Waals surface area contributed by atoms with Crippen LogP contribution in [0.2, 0.25) is 0 Å². The minimum atomic E-state index is -1.07. The van der Waals surface area contributed by atoms with E-state index in [1.807, 2.05) is 0 Å². The van der Waals surface area contributed by atoms with E-state index in [0.717, 1.165) is 0 Å². The molecule has 0 bridgehead atoms. The van der Waals surface area contributed by atoms with Crippen molar-refractivity contribution in [2.45, 2.75) is 6.54 Å². The molecule has 0 radical (unpaired) electrons. The van der Waals surface area contributed by atoms with E-state index in [9.17, 15) is 14.0 Å². The Hall–Kier alpha value is -2.54. The maximum absolute atomic E-state index is 13.7. The number of aromatic nitrogens is 1. The summed E-state index contributed by atoms with van der Waals surface area (Å²) in [4.78, 5) is 27.3. The van der Waals surface area contributed by atoms with Gasteiger partial charge in [0.1, 0.15) is 5.82 Å². The Bertz CT molecular complexity index is 674. The molecule has 1 amide bonds. The highest BCUT2D eigenvalue weighted by Gasteiger charge is 2.15. The normalized spacial score (nSPS) is 11.0. The number of aliphatic carboxylic acids is 1. The predicted molar refractivity (Wildman–Crippen MR) is 73.8 cm³/mol. The Balaban J connectivity index is 2.34. The molecule has 0 saturated heterocycles. The molecule has 3 N–H and O–H groups in total. The van der Waals surface area contributed by atoms with E-state index >= 15 is 0 Å². The summed E-state index contributed by atoms with van der Waals surface area (Å²) in [5, 5.41) is 9.21. The molecule has 1 aromatic carbocycles. The third-order valence-corrected chi connectivity index (χ3v) is 2.93. The van der Waals surface area contributed by atoms with E-state index in [1.165, 1.54) is 23.2 Å². The summed E-state index contributed by atoms with van der Waals surface area (Å²) < 4.78 is 13.7. The number of amides is 1. The zero-order valence-electron chi connectivity index (χ0n) is 11.1. The van der Waals surface area contributed by atoms with Gasteiger partial charge in [0, 0.05) is 18.1 Å². The lowest BCUT2D eigenvalue weighted by Gasteiger charge is -2.19. The highest BCUT2D eigenvalue weighted by molar-refractivity contribution is 5.82. The number of primary amides is 1. The van der Waals surface area contributed by atoms with Crippen LogP contribution in [0.25, 0.3) is 10.9 Å². The number of rotatable bonds is 6. The van der Waals surface area contributed by atoms with Crippen molar-refractivity contribution in [1.29, 1.82) is 0 Å². The molecule has 0 atom stereocenters. The van der Waals surface area contributed by atoms with Crippen LogP contribution in [-0.4, -0.2) is 40.0 Å². The zero-order chi connectivity index (χ0) is 15.4. The fraction of sp³-hybridized carbons (Fsp3) is 0.214. The smallest absolute Gasteiger partial charge is 0.317 e. The van der Waals surface area contributed by atoms with Crippen molar-refractivity contribution in [3.8, 4) is 0 Å². The number of hydrogen-bond donors (Lipinski definition) is 2. The number of carbonyl (C=O) groups excluding carboxylic acids is 1. The summed E-state index contributed by atoms with van der Waals surface area (Å²) in [5.41, 5.74) is 6.19. The summed E-state index contributed by atoms with van der Waals surface area (Å²) in [6.07, 6.45) is 1.53. The monoisotopic (exact) mass is 291 g/mol. The first-order valence-electron chi connectivity index (χ1n) is 6.22. The Morgan fingerprint density at radius 1 is 1.29 bits per heavy atom. The molecule has 2 aromatic rings. The highest BCUT2D eigenvalue weighted by Crippen LogP contribution is 2.20. The van der Waals surface area contributed by atoms with Gasteiger partial charge < -0.3 is 10.8 Å². The quantitative estimate of drug-likeness (QED) is 0.818. The van der Waals surface area contributed by atoms with Gasteiger partial charge in [0.15, 0.2) is 0 Å². The number of benzene rings is 1. The Morgan fingerprint density at radius 2 is 2.05 bits per heavy atom. The molecule has 21 heavy (non-hydrogen) atoms. The van der Waals surface area contributed by atoms with Gasteiger partial charge in [0.2, 0.25) is 5.91 Å². The van der Waals surface area contributed by atoms with Crippen LogP contribution in [0.3, 0.4) is 0 Å². The predicted octanol–water partition coefficient (Wildman–Crippen LogP) is 0.746. The molecule has 0 spiro atoms. The number of nitrogens with two attached hydrogens (primary N) is 1. The summed E-state index contributed by atoms with van der Waals surface area (Å²) in [5.74, 6) is -2.10. The van der Waals surface area contributed by atoms with Crippen LogP contribution < -0.4 is 5.73 Å². The third-order valence-electron chi connectivity index (χ3n) is 2.93. The highest BCUT2D eigenvalue weighted by atomic mass is 19.1. The van der Waals surface area contributed by atoms with Crippen LogP contribution in [0.5, 0.6) is 0 Å². The average molecular weight is 291 g/mol. The lowest BCUT2D eigenvalue weighted by Crippen LogP contribution is -2.36. The molecule has 0 aliphatic rings. The van der Waals surface area contributed by atoms with E-state index in [2.05, 4.69) is 4.98 Å². The van der Waals surface area contributed by atoms with Gasteiger partial charge in [-0.05, 0) is 23.8 Å². The minimum absolute atomic E-state index is 0.142. The number of carboxylic acids is 1. The van der Waals surface area contributed by atoms with Crippen molar-refractivity contribution < 1.29 is 19.1 Å². The number of nitrogens with zero attached hydrogens (tertiary/aromatic N) is 2. The topological polar surface area (TPSA) is 96.5 Å². The summed E-state index contributed by atoms with van der Waals surface area (Å²) in [6, 6.07) is 6.04. The number of carboxylic acid groups (broad SMARTS) is 1. The second-order valence-corrected chi connectivity index (χ2v) is 4.61. The van der Waals surface area contributed by atoms with Gasteiger partial charge in [-0.25, -0.2) is 4.39 Å². The van der Waals surface area contributed by atoms with E-state index in [-0.39, 0.29) is 19.6 Å². The van der Waals surface area contributed by atoms with Gasteiger partial charge in [0.25, 0.3) is 0 Å². The van der Waals surface area contributed by atoms with Crippen molar-refractivity contribution in [3.63, 3.8) is 0 Å². The van der Waals surface area contributed by atoms with Gasteiger partial charge in [-0.2, -0.15) is 0 Å². The minimum Gasteiger partial charge on any atom is -0.480 e. The van der Waals surface area contributed by atoms with Crippen LogP contribution in [0.1, 0.15) is 5.56 Å². The summed E-state index contributed by atoms with van der Waals surface area (Å²) >= 11 is 0. The van der Waals surface area contributed by atoms with E-state index < -0.39 is 17.7 Å². The molecule has 110 valence electrons. The maximum atomic E-state index is 13.7. The van der Waals surface area contributed by atoms with Crippen molar-refractivity contribution in [3.05, 3.63) is 41.8 Å². The molecule has 0 fully saturated rings. The van der Waals surface area contributed by atoms with Crippen LogP contribution in [-0.2, 0) is 16.1 Å². The van der Waals surface area contributed by atoms with Crippen molar-refractivity contribution in [2.24, 2.45) is 5.73 Å². The van der Waals surface area contributed by atoms with Crippen LogP contribution >= 0.6 is 0 Å². The number of pyridine rings is 1. The molecule has 0 aliphatic heterocycles. The van der Waals surface area contributed by atoms with Gasteiger partial charge in [-0.1, -0.05) is 6.07 Å². The van der Waals surface area contributed by atoms with Gasteiger partial charge in [0.05, 0.1) is 18.6 Å². The molecule has 0 unspecified atom stereocenters. The fourth-order valence-electron chi connectivity index (χ4n) is 2.14. The SMILES string of the molecule is NC(=O)CN(CC(=O)O)Cc1ccc(F)c2cccnc12. The fourth-order valence-corrected chi connectivity index (χ4v) is 2.14. The average Bonchev–Trinajstić information content (AvgIpc) is 2.41. The second kappa shape index (κ2) is 6.27. The molecular formula is C14H14FN3O3. The largest absolute Gasteiger partial charge is 0.480 e. The molecule has 1 heterocycles. The third kappa shape index (κ3) is 3.73.